The van der Waals surface area contributed by atoms with E-state index in [-0.39, 0.29) is 5.56 Å². The molecule has 0 bridgehead atoms. The molecule has 1 nitrogen and oxygen atoms in total. The van der Waals surface area contributed by atoms with Gasteiger partial charge in [-0.2, -0.15) is 0 Å². The molecule has 0 heterocycles. The van der Waals surface area contributed by atoms with E-state index in [4.69, 9.17) is 0 Å². The SMILES string of the molecule is OC(c1ccc(C2CC2)cc1)c1cccc(F)c1F. The smallest absolute Gasteiger partial charge is 0.164 e. The minimum atomic E-state index is -1.14. The first-order valence-electron chi connectivity index (χ1n) is 6.38. The quantitative estimate of drug-likeness (QED) is 0.886. The van der Waals surface area contributed by atoms with Crippen molar-refractivity contribution >= 4 is 0 Å². The highest BCUT2D eigenvalue weighted by Crippen LogP contribution is 2.40. The lowest BCUT2D eigenvalue weighted by atomic mass is 9.99. The third-order valence-electron chi connectivity index (χ3n) is 3.58. The summed E-state index contributed by atoms with van der Waals surface area (Å²) in [5, 5.41) is 10.1. The molecule has 1 saturated carbocycles. The Morgan fingerprint density at radius 2 is 1.68 bits per heavy atom. The Morgan fingerprint density at radius 3 is 2.32 bits per heavy atom. The number of hydrogen-bond donors (Lipinski definition) is 1. The van der Waals surface area contributed by atoms with Gasteiger partial charge in [-0.15, -0.1) is 0 Å². The van der Waals surface area contributed by atoms with Gasteiger partial charge in [0, 0.05) is 5.56 Å². The molecule has 0 radical (unpaired) electrons. The molecule has 0 amide bonds. The molecule has 3 heteroatoms. The average molecular weight is 260 g/mol. The Labute approximate surface area is 110 Å². The van der Waals surface area contributed by atoms with Crippen LogP contribution in [0, 0.1) is 11.6 Å². The highest BCUT2D eigenvalue weighted by Gasteiger charge is 2.24. The highest BCUT2D eigenvalue weighted by molar-refractivity contribution is 5.34. The van der Waals surface area contributed by atoms with Crippen LogP contribution < -0.4 is 0 Å². The van der Waals surface area contributed by atoms with Crippen molar-refractivity contribution in [2.45, 2.75) is 24.9 Å². The van der Waals surface area contributed by atoms with Crippen molar-refractivity contribution in [1.82, 2.24) is 0 Å². The molecule has 1 unspecified atom stereocenters. The van der Waals surface area contributed by atoms with Crippen LogP contribution in [0.5, 0.6) is 0 Å². The summed E-state index contributed by atoms with van der Waals surface area (Å²) in [5.74, 6) is -1.29. The first-order chi connectivity index (χ1) is 9.16. The highest BCUT2D eigenvalue weighted by atomic mass is 19.2. The van der Waals surface area contributed by atoms with Crippen LogP contribution in [-0.4, -0.2) is 5.11 Å². The van der Waals surface area contributed by atoms with E-state index >= 15 is 0 Å². The molecule has 2 aromatic carbocycles. The van der Waals surface area contributed by atoms with Crippen LogP contribution in [0.4, 0.5) is 8.78 Å². The summed E-state index contributed by atoms with van der Waals surface area (Å²) in [4.78, 5) is 0. The van der Waals surface area contributed by atoms with E-state index in [1.165, 1.54) is 30.5 Å². The van der Waals surface area contributed by atoms with E-state index in [9.17, 15) is 13.9 Å². The van der Waals surface area contributed by atoms with Gasteiger partial charge in [-0.3, -0.25) is 0 Å². The summed E-state index contributed by atoms with van der Waals surface area (Å²) in [5.41, 5.74) is 1.80. The fourth-order valence-corrected chi connectivity index (χ4v) is 2.28. The lowest BCUT2D eigenvalue weighted by molar-refractivity contribution is 0.213. The van der Waals surface area contributed by atoms with Crippen molar-refractivity contribution in [2.24, 2.45) is 0 Å². The van der Waals surface area contributed by atoms with Crippen molar-refractivity contribution in [3.8, 4) is 0 Å². The van der Waals surface area contributed by atoms with Crippen LogP contribution in [0.25, 0.3) is 0 Å². The average Bonchev–Trinajstić information content (AvgIpc) is 3.26. The molecule has 0 saturated heterocycles. The van der Waals surface area contributed by atoms with Crippen LogP contribution in [0.15, 0.2) is 42.5 Å². The van der Waals surface area contributed by atoms with Crippen molar-refractivity contribution < 1.29 is 13.9 Å². The second-order valence-electron chi connectivity index (χ2n) is 4.99. The lowest BCUT2D eigenvalue weighted by Gasteiger charge is -2.13. The minimum Gasteiger partial charge on any atom is -0.384 e. The monoisotopic (exact) mass is 260 g/mol. The third kappa shape index (κ3) is 2.38. The predicted molar refractivity (Wildman–Crippen MR) is 68.8 cm³/mol. The second-order valence-corrected chi connectivity index (χ2v) is 4.99. The fraction of sp³-hybridized carbons (Fsp3) is 0.250. The Balaban J connectivity index is 1.90. The zero-order valence-electron chi connectivity index (χ0n) is 10.3. The summed E-state index contributed by atoms with van der Waals surface area (Å²) >= 11 is 0. The van der Waals surface area contributed by atoms with Gasteiger partial charge in [-0.05, 0) is 36.0 Å². The van der Waals surface area contributed by atoms with Crippen LogP contribution >= 0.6 is 0 Å². The third-order valence-corrected chi connectivity index (χ3v) is 3.58. The van der Waals surface area contributed by atoms with Gasteiger partial charge >= 0.3 is 0 Å². The van der Waals surface area contributed by atoms with Crippen molar-refractivity contribution in [1.29, 1.82) is 0 Å². The number of benzene rings is 2. The molecule has 1 aliphatic carbocycles. The largest absolute Gasteiger partial charge is 0.384 e. The fourth-order valence-electron chi connectivity index (χ4n) is 2.28. The van der Waals surface area contributed by atoms with E-state index in [1.54, 1.807) is 12.1 Å². The normalized spacial score (nSPS) is 16.4. The molecule has 98 valence electrons. The van der Waals surface area contributed by atoms with Gasteiger partial charge in [0.15, 0.2) is 11.6 Å². The lowest BCUT2D eigenvalue weighted by Crippen LogP contribution is -2.04. The van der Waals surface area contributed by atoms with E-state index < -0.39 is 17.7 Å². The Hall–Kier alpha value is -1.74. The molecule has 19 heavy (non-hydrogen) atoms. The first kappa shape index (κ1) is 12.3. The first-order valence-corrected chi connectivity index (χ1v) is 6.38. The standard InChI is InChI=1S/C16H14F2O/c17-14-3-1-2-13(15(14)18)16(19)12-8-6-11(7-9-12)10-4-5-10/h1-3,6-10,16,19H,4-5H2. The number of halogens is 2. The van der Waals surface area contributed by atoms with Crippen LogP contribution in [-0.2, 0) is 0 Å². The number of aliphatic hydroxyl groups excluding tert-OH is 1. The Kier molecular flexibility index (Phi) is 3.07. The predicted octanol–water partition coefficient (Wildman–Crippen LogP) is 3.92. The van der Waals surface area contributed by atoms with Gasteiger partial charge in [-0.25, -0.2) is 8.78 Å². The summed E-state index contributed by atoms with van der Waals surface area (Å²) in [7, 11) is 0. The second kappa shape index (κ2) is 4.74. The van der Waals surface area contributed by atoms with Crippen molar-refractivity contribution in [2.75, 3.05) is 0 Å². The maximum absolute atomic E-state index is 13.6. The van der Waals surface area contributed by atoms with E-state index in [1.807, 2.05) is 12.1 Å². The summed E-state index contributed by atoms with van der Waals surface area (Å²) in [6, 6.07) is 11.3. The van der Waals surface area contributed by atoms with Gasteiger partial charge in [0.2, 0.25) is 0 Å². The Morgan fingerprint density at radius 1 is 1.00 bits per heavy atom. The molecule has 0 spiro atoms. The maximum atomic E-state index is 13.6. The minimum absolute atomic E-state index is 0.0285. The zero-order chi connectivity index (χ0) is 13.4. The topological polar surface area (TPSA) is 20.2 Å². The van der Waals surface area contributed by atoms with Gasteiger partial charge < -0.3 is 5.11 Å². The van der Waals surface area contributed by atoms with Gasteiger partial charge in [0.05, 0.1) is 0 Å². The van der Waals surface area contributed by atoms with Gasteiger partial charge in [0.25, 0.3) is 0 Å². The zero-order valence-corrected chi connectivity index (χ0v) is 10.3. The molecule has 2 aromatic rings. The molecular weight excluding hydrogens is 246 g/mol. The van der Waals surface area contributed by atoms with Crippen LogP contribution in [0.2, 0.25) is 0 Å². The molecular formula is C16H14F2O. The molecule has 1 atom stereocenters. The molecule has 1 fully saturated rings. The molecule has 0 aromatic heterocycles. The summed E-state index contributed by atoms with van der Waals surface area (Å²) in [6.07, 6.45) is 1.28. The number of aliphatic hydroxyl groups is 1. The molecule has 3 rings (SSSR count). The molecule has 1 aliphatic rings. The molecule has 0 aliphatic heterocycles. The van der Waals surface area contributed by atoms with Crippen LogP contribution in [0.1, 0.15) is 41.6 Å². The van der Waals surface area contributed by atoms with Crippen molar-refractivity contribution in [3.05, 3.63) is 70.8 Å². The maximum Gasteiger partial charge on any atom is 0.164 e. The molecule has 1 N–H and O–H groups in total. The van der Waals surface area contributed by atoms with E-state index in [0.29, 0.717) is 11.5 Å². The number of rotatable bonds is 3. The van der Waals surface area contributed by atoms with Gasteiger partial charge in [0.1, 0.15) is 6.10 Å². The van der Waals surface area contributed by atoms with E-state index in [0.717, 1.165) is 6.07 Å². The number of hydrogen-bond acceptors (Lipinski definition) is 1. The van der Waals surface area contributed by atoms with Crippen LogP contribution in [0.3, 0.4) is 0 Å². The summed E-state index contributed by atoms with van der Waals surface area (Å²) in [6.45, 7) is 0. The Bertz CT molecular complexity index is 588. The van der Waals surface area contributed by atoms with Crippen molar-refractivity contribution in [3.63, 3.8) is 0 Å². The summed E-state index contributed by atoms with van der Waals surface area (Å²) < 4.78 is 26.8. The van der Waals surface area contributed by atoms with E-state index in [2.05, 4.69) is 0 Å². The van der Waals surface area contributed by atoms with Gasteiger partial charge in [-0.1, -0.05) is 36.4 Å².